The maximum atomic E-state index is 5.90. The minimum atomic E-state index is 0.353. The molecule has 0 aromatic carbocycles. The van der Waals surface area contributed by atoms with Crippen molar-refractivity contribution in [2.75, 3.05) is 0 Å². The highest BCUT2D eigenvalue weighted by molar-refractivity contribution is 5.22. The van der Waals surface area contributed by atoms with E-state index in [1.807, 2.05) is 6.20 Å². The SMILES string of the molecule is CCCn1ncc2c1CCC(N)C2. The topological polar surface area (TPSA) is 43.8 Å². The average Bonchev–Trinajstić information content (AvgIpc) is 2.49. The molecular formula is C10H17N3. The van der Waals surface area contributed by atoms with Crippen LogP contribution in [-0.4, -0.2) is 15.8 Å². The number of hydrogen-bond acceptors (Lipinski definition) is 2. The summed E-state index contributed by atoms with van der Waals surface area (Å²) in [5.41, 5.74) is 8.68. The lowest BCUT2D eigenvalue weighted by atomic mass is 9.94. The zero-order valence-electron chi connectivity index (χ0n) is 8.16. The van der Waals surface area contributed by atoms with Crippen LogP contribution in [0.5, 0.6) is 0 Å². The first-order valence-corrected chi connectivity index (χ1v) is 5.10. The van der Waals surface area contributed by atoms with E-state index in [9.17, 15) is 0 Å². The van der Waals surface area contributed by atoms with Crippen LogP contribution in [0.1, 0.15) is 31.0 Å². The lowest BCUT2D eigenvalue weighted by molar-refractivity contribution is 0.519. The number of fused-ring (bicyclic) bond motifs is 1. The fourth-order valence-electron chi connectivity index (χ4n) is 2.02. The van der Waals surface area contributed by atoms with Crippen molar-refractivity contribution >= 4 is 0 Å². The summed E-state index contributed by atoms with van der Waals surface area (Å²) in [6.45, 7) is 3.23. The first-order valence-electron chi connectivity index (χ1n) is 5.10. The molecule has 1 aliphatic carbocycles. The highest BCUT2D eigenvalue weighted by Crippen LogP contribution is 2.20. The Labute approximate surface area is 78.9 Å². The van der Waals surface area contributed by atoms with Crippen LogP contribution in [0.3, 0.4) is 0 Å². The summed E-state index contributed by atoms with van der Waals surface area (Å²) in [7, 11) is 0. The van der Waals surface area contributed by atoms with Crippen molar-refractivity contribution in [1.29, 1.82) is 0 Å². The van der Waals surface area contributed by atoms with Crippen molar-refractivity contribution in [1.82, 2.24) is 9.78 Å². The first-order chi connectivity index (χ1) is 6.31. The molecule has 1 unspecified atom stereocenters. The number of nitrogens with zero attached hydrogens (tertiary/aromatic N) is 2. The Morgan fingerprint density at radius 3 is 3.31 bits per heavy atom. The van der Waals surface area contributed by atoms with Gasteiger partial charge in [0.25, 0.3) is 0 Å². The van der Waals surface area contributed by atoms with Gasteiger partial charge in [-0.05, 0) is 31.2 Å². The third-order valence-corrected chi connectivity index (χ3v) is 2.70. The number of nitrogens with two attached hydrogens (primary N) is 1. The van der Waals surface area contributed by atoms with E-state index in [0.717, 1.165) is 32.2 Å². The second kappa shape index (κ2) is 3.50. The lowest BCUT2D eigenvalue weighted by Crippen LogP contribution is -2.28. The highest BCUT2D eigenvalue weighted by atomic mass is 15.3. The average molecular weight is 179 g/mol. The van der Waals surface area contributed by atoms with E-state index in [1.165, 1.54) is 11.3 Å². The summed E-state index contributed by atoms with van der Waals surface area (Å²) in [6.07, 6.45) is 6.38. The molecule has 0 radical (unpaired) electrons. The van der Waals surface area contributed by atoms with Crippen LogP contribution in [0, 0.1) is 0 Å². The summed E-state index contributed by atoms with van der Waals surface area (Å²) < 4.78 is 2.14. The molecule has 2 rings (SSSR count). The van der Waals surface area contributed by atoms with Gasteiger partial charge in [-0.3, -0.25) is 4.68 Å². The number of rotatable bonds is 2. The van der Waals surface area contributed by atoms with Crippen LogP contribution in [0.4, 0.5) is 0 Å². The predicted molar refractivity (Wildman–Crippen MR) is 52.5 cm³/mol. The molecule has 0 fully saturated rings. The molecule has 1 aromatic heterocycles. The largest absolute Gasteiger partial charge is 0.327 e. The van der Waals surface area contributed by atoms with Gasteiger partial charge >= 0.3 is 0 Å². The Bertz CT molecular complexity index is 277. The standard InChI is InChI=1S/C10H17N3/c1-2-5-13-10-4-3-9(11)6-8(10)7-12-13/h7,9H,2-6,11H2,1H3. The molecule has 1 atom stereocenters. The van der Waals surface area contributed by atoms with Gasteiger partial charge in [0.1, 0.15) is 0 Å². The van der Waals surface area contributed by atoms with Crippen molar-refractivity contribution in [3.05, 3.63) is 17.5 Å². The third kappa shape index (κ3) is 1.61. The summed E-state index contributed by atoms with van der Waals surface area (Å²) in [4.78, 5) is 0. The van der Waals surface area contributed by atoms with Crippen molar-refractivity contribution in [2.24, 2.45) is 5.73 Å². The molecule has 0 amide bonds. The number of aryl methyl sites for hydroxylation is 1. The molecule has 13 heavy (non-hydrogen) atoms. The van der Waals surface area contributed by atoms with Crippen LogP contribution < -0.4 is 5.73 Å². The van der Waals surface area contributed by atoms with Gasteiger partial charge in [0.15, 0.2) is 0 Å². The van der Waals surface area contributed by atoms with E-state index in [2.05, 4.69) is 16.7 Å². The maximum Gasteiger partial charge on any atom is 0.0525 e. The quantitative estimate of drug-likeness (QED) is 0.739. The van der Waals surface area contributed by atoms with Crippen molar-refractivity contribution in [2.45, 2.75) is 45.2 Å². The molecule has 0 aliphatic heterocycles. The van der Waals surface area contributed by atoms with E-state index >= 15 is 0 Å². The van der Waals surface area contributed by atoms with Gasteiger partial charge in [0, 0.05) is 18.3 Å². The maximum absolute atomic E-state index is 5.90. The Balaban J connectivity index is 2.23. The van der Waals surface area contributed by atoms with Gasteiger partial charge in [0.05, 0.1) is 6.20 Å². The molecule has 1 heterocycles. The Morgan fingerprint density at radius 2 is 2.54 bits per heavy atom. The zero-order chi connectivity index (χ0) is 9.26. The van der Waals surface area contributed by atoms with Gasteiger partial charge in [-0.2, -0.15) is 5.10 Å². The number of hydrogen-bond donors (Lipinski definition) is 1. The summed E-state index contributed by atoms with van der Waals surface area (Å²) in [5, 5.41) is 4.38. The summed E-state index contributed by atoms with van der Waals surface area (Å²) in [6, 6.07) is 0.353. The van der Waals surface area contributed by atoms with E-state index in [-0.39, 0.29) is 0 Å². The molecule has 3 heteroatoms. The molecule has 2 N–H and O–H groups in total. The van der Waals surface area contributed by atoms with E-state index < -0.39 is 0 Å². The van der Waals surface area contributed by atoms with E-state index in [4.69, 9.17) is 5.73 Å². The smallest absolute Gasteiger partial charge is 0.0525 e. The van der Waals surface area contributed by atoms with E-state index in [0.29, 0.717) is 6.04 Å². The molecule has 0 spiro atoms. The molecule has 3 nitrogen and oxygen atoms in total. The normalized spacial score (nSPS) is 21.5. The monoisotopic (exact) mass is 179 g/mol. The molecule has 0 saturated carbocycles. The van der Waals surface area contributed by atoms with Crippen LogP contribution in [0.2, 0.25) is 0 Å². The Morgan fingerprint density at radius 1 is 1.69 bits per heavy atom. The Hall–Kier alpha value is -0.830. The van der Waals surface area contributed by atoms with Crippen LogP contribution in [0.15, 0.2) is 6.20 Å². The van der Waals surface area contributed by atoms with Crippen LogP contribution in [0.25, 0.3) is 0 Å². The molecular weight excluding hydrogens is 162 g/mol. The number of aromatic nitrogens is 2. The third-order valence-electron chi connectivity index (χ3n) is 2.70. The highest BCUT2D eigenvalue weighted by Gasteiger charge is 2.19. The molecule has 72 valence electrons. The lowest BCUT2D eigenvalue weighted by Gasteiger charge is -2.19. The summed E-state index contributed by atoms with van der Waals surface area (Å²) >= 11 is 0. The van der Waals surface area contributed by atoms with Crippen molar-refractivity contribution in [3.63, 3.8) is 0 Å². The minimum absolute atomic E-state index is 0.353. The second-order valence-electron chi connectivity index (χ2n) is 3.84. The molecule has 0 saturated heterocycles. The fourth-order valence-corrected chi connectivity index (χ4v) is 2.02. The van der Waals surface area contributed by atoms with Gasteiger partial charge in [-0.25, -0.2) is 0 Å². The molecule has 1 aromatic rings. The van der Waals surface area contributed by atoms with E-state index in [1.54, 1.807) is 0 Å². The van der Waals surface area contributed by atoms with Crippen molar-refractivity contribution < 1.29 is 0 Å². The van der Waals surface area contributed by atoms with Crippen LogP contribution in [-0.2, 0) is 19.4 Å². The van der Waals surface area contributed by atoms with Gasteiger partial charge in [-0.1, -0.05) is 6.92 Å². The van der Waals surface area contributed by atoms with Gasteiger partial charge in [0.2, 0.25) is 0 Å². The first kappa shape index (κ1) is 8.75. The minimum Gasteiger partial charge on any atom is -0.327 e. The molecule has 0 bridgehead atoms. The molecule has 1 aliphatic rings. The summed E-state index contributed by atoms with van der Waals surface area (Å²) in [5.74, 6) is 0. The van der Waals surface area contributed by atoms with Crippen LogP contribution >= 0.6 is 0 Å². The zero-order valence-corrected chi connectivity index (χ0v) is 8.16. The second-order valence-corrected chi connectivity index (χ2v) is 3.84. The fraction of sp³-hybridized carbons (Fsp3) is 0.700. The Kier molecular flexibility index (Phi) is 2.36. The van der Waals surface area contributed by atoms with Gasteiger partial charge in [-0.15, -0.1) is 0 Å². The van der Waals surface area contributed by atoms with Gasteiger partial charge < -0.3 is 5.73 Å². The van der Waals surface area contributed by atoms with Crippen molar-refractivity contribution in [3.8, 4) is 0 Å². The predicted octanol–water partition coefficient (Wildman–Crippen LogP) is 1.11.